The van der Waals surface area contributed by atoms with E-state index in [0.29, 0.717) is 75.3 Å². The van der Waals surface area contributed by atoms with E-state index in [1.807, 2.05) is 4.90 Å². The van der Waals surface area contributed by atoms with Crippen LogP contribution in [-0.4, -0.2) is 47.7 Å². The van der Waals surface area contributed by atoms with Crippen LogP contribution in [0, 0.1) is 23.7 Å². The Morgan fingerprint density at radius 2 is 2.00 bits per heavy atom. The van der Waals surface area contributed by atoms with Gasteiger partial charge in [-0.3, -0.25) is 14.7 Å². The Bertz CT molecular complexity index is 1330. The largest absolute Gasteiger partial charge is 0.497 e. The summed E-state index contributed by atoms with van der Waals surface area (Å²) in [6.07, 6.45) is 1.73. The number of carbonyl (C=O) groups is 1. The highest BCUT2D eigenvalue weighted by atomic mass is 35.5. The number of alkyl halides is 1. The van der Waals surface area contributed by atoms with Crippen molar-refractivity contribution in [3.05, 3.63) is 68.8 Å². The van der Waals surface area contributed by atoms with Gasteiger partial charge in [0, 0.05) is 23.2 Å². The van der Waals surface area contributed by atoms with Crippen LogP contribution in [-0.2, 0) is 4.79 Å². The van der Waals surface area contributed by atoms with E-state index in [2.05, 4.69) is 16.8 Å². The Morgan fingerprint density at radius 3 is 2.70 bits per heavy atom. The number of aromatic nitrogens is 1. The summed E-state index contributed by atoms with van der Waals surface area (Å²) >= 11 is 18.3. The number of methoxy groups -OCH3 is 1. The summed E-state index contributed by atoms with van der Waals surface area (Å²) in [5, 5.41) is 11.8. The summed E-state index contributed by atoms with van der Waals surface area (Å²) in [7, 11) is 1.57. The van der Waals surface area contributed by atoms with E-state index in [1.54, 1.807) is 49.7 Å². The second kappa shape index (κ2) is 12.3. The van der Waals surface area contributed by atoms with Crippen molar-refractivity contribution in [2.24, 2.45) is 11.8 Å². The van der Waals surface area contributed by atoms with Crippen molar-refractivity contribution in [2.45, 2.75) is 25.4 Å². The van der Waals surface area contributed by atoms with Crippen LogP contribution >= 0.6 is 34.8 Å². The number of carboxylic acid groups (broad SMARTS) is 1. The topological polar surface area (TPSA) is 62.7 Å². The first-order valence-corrected chi connectivity index (χ1v) is 13.1. The lowest BCUT2D eigenvalue weighted by Gasteiger charge is -2.35. The molecule has 3 atom stereocenters. The molecular weight excluding hydrogens is 538 g/mol. The summed E-state index contributed by atoms with van der Waals surface area (Å²) in [5.41, 5.74) is 1.73. The number of nitrogens with zero attached hydrogens (tertiary/aromatic N) is 2. The first-order valence-electron chi connectivity index (χ1n) is 11.9. The molecular formula is C28H26Cl3FN2O3. The highest BCUT2D eigenvalue weighted by molar-refractivity contribution is 6.39. The number of pyridine rings is 1. The van der Waals surface area contributed by atoms with Crippen LogP contribution in [0.15, 0.2) is 42.6 Å². The van der Waals surface area contributed by atoms with Gasteiger partial charge >= 0.3 is 5.97 Å². The normalized spacial score (nSPS) is 18.7. The number of piperidine rings is 1. The van der Waals surface area contributed by atoms with E-state index in [9.17, 15) is 9.90 Å². The van der Waals surface area contributed by atoms with Crippen LogP contribution in [0.1, 0.15) is 36.6 Å². The van der Waals surface area contributed by atoms with Crippen molar-refractivity contribution in [1.82, 2.24) is 9.88 Å². The lowest BCUT2D eigenvalue weighted by atomic mass is 9.81. The molecule has 5 nitrogen and oxygen atoms in total. The molecule has 0 saturated carbocycles. The third kappa shape index (κ3) is 6.66. The molecule has 0 unspecified atom stereocenters. The van der Waals surface area contributed by atoms with Gasteiger partial charge in [-0.2, -0.15) is 0 Å². The zero-order valence-electron chi connectivity index (χ0n) is 20.2. The summed E-state index contributed by atoms with van der Waals surface area (Å²) in [5.74, 6) is 5.05. The molecule has 37 heavy (non-hydrogen) atoms. The summed E-state index contributed by atoms with van der Waals surface area (Å²) in [6.45, 7) is 1.41. The second-order valence-electron chi connectivity index (χ2n) is 9.10. The standard InChI is InChI=1S/C28H26Cl3FN2O3/c1-37-19-5-7-27-22(15-19)20(8-10-33-27)26(32)6-4-17-9-12-34(16-23(17)28(35)36)11-2-3-21-24(30)13-18(29)14-25(21)31/h5,7-8,10,13-15,17,23,26H,4,6,9,11-12,16H2,1H3,(H,35,36)/t17-,23+,26+/m1/s1. The number of benzene rings is 2. The van der Waals surface area contributed by atoms with Crippen molar-refractivity contribution in [3.8, 4) is 17.6 Å². The SMILES string of the molecule is COc1ccc2nccc([C@@H](F)CC[C@@H]3CCN(CC#Cc4c(Cl)cc(Cl)cc4Cl)C[C@@H]3C(=O)O)c2c1. The molecule has 1 fully saturated rings. The Kier molecular flexibility index (Phi) is 9.15. The van der Waals surface area contributed by atoms with Gasteiger partial charge in [-0.1, -0.05) is 46.6 Å². The molecule has 0 radical (unpaired) electrons. The quantitative estimate of drug-likeness (QED) is 0.312. The zero-order valence-corrected chi connectivity index (χ0v) is 22.5. The average molecular weight is 564 g/mol. The smallest absolute Gasteiger partial charge is 0.308 e. The summed E-state index contributed by atoms with van der Waals surface area (Å²) in [6, 6.07) is 10.2. The highest BCUT2D eigenvalue weighted by Crippen LogP contribution is 2.35. The van der Waals surface area contributed by atoms with E-state index in [0.717, 1.165) is 0 Å². The highest BCUT2D eigenvalue weighted by Gasteiger charge is 2.34. The first-order chi connectivity index (χ1) is 17.8. The second-order valence-corrected chi connectivity index (χ2v) is 10.4. The maximum Gasteiger partial charge on any atom is 0.308 e. The van der Waals surface area contributed by atoms with Gasteiger partial charge in [-0.05, 0) is 73.7 Å². The van der Waals surface area contributed by atoms with Crippen LogP contribution in [0.5, 0.6) is 5.75 Å². The number of likely N-dealkylation sites (tertiary alicyclic amines) is 1. The molecule has 2 aromatic carbocycles. The van der Waals surface area contributed by atoms with E-state index >= 15 is 4.39 Å². The molecule has 3 aromatic rings. The summed E-state index contributed by atoms with van der Waals surface area (Å²) in [4.78, 5) is 18.4. The number of carboxylic acids is 1. The Balaban J connectivity index is 1.39. The van der Waals surface area contributed by atoms with Gasteiger partial charge in [-0.25, -0.2) is 4.39 Å². The fourth-order valence-electron chi connectivity index (χ4n) is 4.80. The van der Waals surface area contributed by atoms with E-state index in [4.69, 9.17) is 39.5 Å². The maximum atomic E-state index is 15.4. The monoisotopic (exact) mass is 562 g/mol. The molecule has 2 heterocycles. The minimum absolute atomic E-state index is 0.122. The van der Waals surface area contributed by atoms with Crippen molar-refractivity contribution in [3.63, 3.8) is 0 Å². The molecule has 194 valence electrons. The number of aliphatic carboxylic acids is 1. The Labute approximate surface area is 230 Å². The minimum Gasteiger partial charge on any atom is -0.497 e. The van der Waals surface area contributed by atoms with E-state index in [-0.39, 0.29) is 12.3 Å². The van der Waals surface area contributed by atoms with Crippen LogP contribution in [0.4, 0.5) is 4.39 Å². The van der Waals surface area contributed by atoms with Gasteiger partial charge in [-0.15, -0.1) is 0 Å². The van der Waals surface area contributed by atoms with Crippen LogP contribution < -0.4 is 4.74 Å². The van der Waals surface area contributed by atoms with Crippen molar-refractivity contribution < 1.29 is 19.0 Å². The lowest BCUT2D eigenvalue weighted by molar-refractivity contribution is -0.146. The molecule has 0 spiro atoms. The van der Waals surface area contributed by atoms with Crippen molar-refractivity contribution >= 4 is 51.7 Å². The Hall–Kier alpha value is -2.56. The number of fused-ring (bicyclic) bond motifs is 1. The summed E-state index contributed by atoms with van der Waals surface area (Å²) < 4.78 is 20.7. The van der Waals surface area contributed by atoms with Gasteiger partial charge in [0.25, 0.3) is 0 Å². The van der Waals surface area contributed by atoms with Crippen LogP contribution in [0.2, 0.25) is 15.1 Å². The fourth-order valence-corrected chi connectivity index (χ4v) is 5.71. The van der Waals surface area contributed by atoms with Crippen molar-refractivity contribution in [2.75, 3.05) is 26.7 Å². The third-order valence-electron chi connectivity index (χ3n) is 6.79. The van der Waals surface area contributed by atoms with Gasteiger partial charge in [0.1, 0.15) is 11.9 Å². The molecule has 1 aliphatic rings. The first kappa shape index (κ1) is 27.5. The van der Waals surface area contributed by atoms with Crippen LogP contribution in [0.3, 0.4) is 0 Å². The van der Waals surface area contributed by atoms with E-state index < -0.39 is 18.1 Å². The third-order valence-corrected chi connectivity index (χ3v) is 7.61. The molecule has 0 bridgehead atoms. The van der Waals surface area contributed by atoms with Gasteiger partial charge < -0.3 is 9.84 Å². The van der Waals surface area contributed by atoms with E-state index in [1.165, 1.54) is 0 Å². The number of hydrogen-bond donors (Lipinski definition) is 1. The van der Waals surface area contributed by atoms with Crippen LogP contribution in [0.25, 0.3) is 10.9 Å². The van der Waals surface area contributed by atoms with Gasteiger partial charge in [0.15, 0.2) is 0 Å². The molecule has 1 aliphatic heterocycles. The lowest BCUT2D eigenvalue weighted by Crippen LogP contribution is -2.44. The molecule has 0 amide bonds. The molecule has 1 saturated heterocycles. The Morgan fingerprint density at radius 1 is 1.24 bits per heavy atom. The van der Waals surface area contributed by atoms with Gasteiger partial charge in [0.05, 0.1) is 40.7 Å². The molecule has 1 N–H and O–H groups in total. The number of hydrogen-bond acceptors (Lipinski definition) is 4. The molecule has 0 aliphatic carbocycles. The zero-order chi connectivity index (χ0) is 26.5. The number of halogens is 4. The fraction of sp³-hybridized carbons (Fsp3) is 0.357. The molecule has 1 aromatic heterocycles. The molecule has 4 rings (SSSR count). The number of ether oxygens (including phenoxy) is 1. The predicted octanol–water partition coefficient (Wildman–Crippen LogP) is 7.07. The van der Waals surface area contributed by atoms with Crippen molar-refractivity contribution in [1.29, 1.82) is 0 Å². The number of rotatable bonds is 7. The maximum absolute atomic E-state index is 15.4. The van der Waals surface area contributed by atoms with Gasteiger partial charge in [0.2, 0.25) is 0 Å². The molecule has 9 heteroatoms. The minimum atomic E-state index is -1.23. The average Bonchev–Trinajstić information content (AvgIpc) is 2.88. The predicted molar refractivity (Wildman–Crippen MR) is 145 cm³/mol.